The Morgan fingerprint density at radius 2 is 0.919 bits per heavy atom. The van der Waals surface area contributed by atoms with E-state index in [-0.39, 0.29) is 0 Å². The van der Waals surface area contributed by atoms with Crippen LogP contribution in [0.3, 0.4) is 0 Å². The number of carboxylic acid groups (broad SMARTS) is 1. The Hall–Kier alpha value is -2.05. The molecule has 74 heavy (non-hydrogen) atoms. The van der Waals surface area contributed by atoms with E-state index >= 15 is 0 Å². The van der Waals surface area contributed by atoms with Gasteiger partial charge in [-0.1, -0.05) is 34.6 Å². The predicted molar refractivity (Wildman–Crippen MR) is 228 cm³/mol. The number of nitroso groups, excluding NO2 is 1. The van der Waals surface area contributed by atoms with Crippen LogP contribution in [0.25, 0.3) is 0 Å². The Morgan fingerprint density at radius 3 is 1.42 bits per heavy atom. The highest BCUT2D eigenvalue weighted by molar-refractivity contribution is 7.81. The minimum Gasteiger partial charge on any atom is -0.479 e. The van der Waals surface area contributed by atoms with E-state index in [1.807, 2.05) is 0 Å². The van der Waals surface area contributed by atoms with Crippen molar-refractivity contribution in [3.05, 3.63) is 4.91 Å². The lowest BCUT2D eigenvalue weighted by Crippen LogP contribution is -2.66. The third kappa shape index (κ3) is 15.8. The zero-order valence-corrected chi connectivity index (χ0v) is 42.7. The summed E-state index contributed by atoms with van der Waals surface area (Å²) < 4.78 is 205. The molecule has 5 saturated heterocycles. The van der Waals surface area contributed by atoms with E-state index in [2.05, 4.69) is 21.9 Å². The van der Waals surface area contributed by atoms with Crippen LogP contribution in [-0.2, 0) is 110 Å². The first-order chi connectivity index (χ1) is 34.1. The number of aliphatic hydroxyl groups is 5. The summed E-state index contributed by atoms with van der Waals surface area (Å²) in [4.78, 5) is 25.0. The second-order valence-corrected chi connectivity index (χ2v) is 22.2. The Balaban J connectivity index is 1.38. The third-order valence-electron chi connectivity index (χ3n) is 13.1. The van der Waals surface area contributed by atoms with Gasteiger partial charge in [-0.3, -0.25) is 18.2 Å². The standard InChI is InChI=1S/C35H59NO34S4/c1-10-12(3)32(61-15(18(10)37)7-58-71(45,46)47)66-25-20(39)21(40)34(68-28(25)30(42)43)64-23-11(2)13(4)33(63-16(23)8-59-72(48,49)50)67-26-22(41)27(70-74(54,55)56)35(69-29(26)36-44)65-24-17(9-60-73(51,52)53)62-31(57-6)14(5)19(24)38/h10-29,31-35,37-41H,7-9H2,1-6H3,(H,42,43)(H,45,46,47)(H,48,49,50)(H,51,52,53)(H,54,55,56)/t10-,11-,12?,13?,14?,15?,16?,17?,18+,19-,20-,21?,22?,23+,24-,25+,26+,27?,28?,29-,31+,32-,33-,34-,35-/m1/s1. The summed E-state index contributed by atoms with van der Waals surface area (Å²) in [5, 5.41) is 69.1. The maximum Gasteiger partial charge on any atom is 0.397 e. The van der Waals surface area contributed by atoms with Crippen molar-refractivity contribution >= 4 is 47.6 Å². The van der Waals surface area contributed by atoms with Crippen LogP contribution in [0.4, 0.5) is 0 Å². The van der Waals surface area contributed by atoms with Gasteiger partial charge in [0.15, 0.2) is 43.7 Å². The highest BCUT2D eigenvalue weighted by Crippen LogP contribution is 2.41. The van der Waals surface area contributed by atoms with Gasteiger partial charge in [-0.05, 0) is 17.0 Å². The van der Waals surface area contributed by atoms with E-state index in [1.165, 1.54) is 34.6 Å². The largest absolute Gasteiger partial charge is 0.479 e. The fourth-order valence-corrected chi connectivity index (χ4v) is 10.1. The molecular weight excluding hydrogens is 1110 g/mol. The zero-order valence-electron chi connectivity index (χ0n) is 39.4. The summed E-state index contributed by atoms with van der Waals surface area (Å²) >= 11 is 0. The number of carboxylic acids is 1. The van der Waals surface area contributed by atoms with Gasteiger partial charge in [0.1, 0.15) is 54.9 Å². The number of rotatable bonds is 22. The summed E-state index contributed by atoms with van der Waals surface area (Å²) in [5.41, 5.74) is 0. The molecular formula is C35H59NO34S4. The molecule has 5 heterocycles. The second-order valence-electron chi connectivity index (χ2n) is 17.9. The van der Waals surface area contributed by atoms with Crippen LogP contribution in [0.5, 0.6) is 0 Å². The first-order valence-electron chi connectivity index (χ1n) is 21.9. The number of aliphatic hydroxyl groups excluding tert-OH is 5. The van der Waals surface area contributed by atoms with Crippen molar-refractivity contribution in [1.82, 2.24) is 0 Å². The molecule has 0 saturated carbocycles. The molecule has 10 N–H and O–H groups in total. The second kappa shape index (κ2) is 25.0. The molecule has 0 aliphatic carbocycles. The smallest absolute Gasteiger partial charge is 0.397 e. The number of ether oxygens (including phenoxy) is 10. The molecule has 35 nitrogen and oxygen atoms in total. The van der Waals surface area contributed by atoms with Crippen molar-refractivity contribution in [2.75, 3.05) is 26.9 Å². The fraction of sp³-hybridized carbons (Fsp3) is 0.971. The third-order valence-corrected chi connectivity index (χ3v) is 14.8. The lowest BCUT2D eigenvalue weighted by Gasteiger charge is -2.50. The molecule has 10 unspecified atom stereocenters. The minimum absolute atomic E-state index is 0.782. The predicted octanol–water partition coefficient (Wildman–Crippen LogP) is -4.76. The number of carbonyl (C=O) groups is 1. The maximum atomic E-state index is 12.6. The molecule has 5 rings (SSSR count). The first-order valence-corrected chi connectivity index (χ1v) is 27.4. The van der Waals surface area contributed by atoms with Gasteiger partial charge in [0.05, 0.1) is 38.1 Å². The van der Waals surface area contributed by atoms with Crippen LogP contribution < -0.4 is 0 Å². The van der Waals surface area contributed by atoms with Crippen LogP contribution in [-0.4, -0.2) is 239 Å². The van der Waals surface area contributed by atoms with Gasteiger partial charge in [0.2, 0.25) is 6.23 Å². The van der Waals surface area contributed by atoms with Crippen LogP contribution in [0, 0.1) is 34.5 Å². The first kappa shape index (κ1) is 62.8. The van der Waals surface area contributed by atoms with Gasteiger partial charge >= 0.3 is 47.6 Å². The lowest BCUT2D eigenvalue weighted by molar-refractivity contribution is -0.377. The Morgan fingerprint density at radius 1 is 0.459 bits per heavy atom. The van der Waals surface area contributed by atoms with Crippen LogP contribution in [0.15, 0.2) is 5.18 Å². The molecule has 5 fully saturated rings. The number of hydrogen-bond donors (Lipinski definition) is 10. The van der Waals surface area contributed by atoms with Crippen LogP contribution in [0.2, 0.25) is 0 Å². The van der Waals surface area contributed by atoms with Crippen molar-refractivity contribution in [3.8, 4) is 0 Å². The van der Waals surface area contributed by atoms with Gasteiger partial charge < -0.3 is 78.0 Å². The molecule has 25 atom stereocenters. The summed E-state index contributed by atoms with van der Waals surface area (Å²) in [6.07, 6.45) is -39.1. The van der Waals surface area contributed by atoms with E-state index < -0.39 is 220 Å². The normalized spacial score (nSPS) is 43.9. The van der Waals surface area contributed by atoms with E-state index in [4.69, 9.17) is 51.9 Å². The number of hydrogen-bond acceptors (Lipinski definition) is 30. The molecule has 0 aromatic carbocycles. The highest BCUT2D eigenvalue weighted by Gasteiger charge is 2.58. The molecule has 0 radical (unpaired) electrons. The monoisotopic (exact) mass is 1170 g/mol. The summed E-state index contributed by atoms with van der Waals surface area (Å²) in [6.45, 7) is 3.82. The zero-order chi connectivity index (χ0) is 55.7. The quantitative estimate of drug-likeness (QED) is 0.0359. The van der Waals surface area contributed by atoms with E-state index in [1.54, 1.807) is 0 Å². The van der Waals surface area contributed by atoms with Gasteiger partial charge in [0.25, 0.3) is 0 Å². The summed E-state index contributed by atoms with van der Waals surface area (Å²) in [6, 6.07) is 0. The van der Waals surface area contributed by atoms with Crippen molar-refractivity contribution in [3.63, 3.8) is 0 Å². The van der Waals surface area contributed by atoms with Gasteiger partial charge in [-0.2, -0.15) is 33.7 Å². The topological polar surface area (TPSA) is 515 Å². The Kier molecular flexibility index (Phi) is 21.2. The van der Waals surface area contributed by atoms with Crippen molar-refractivity contribution in [2.24, 2.45) is 34.8 Å². The Bertz CT molecular complexity index is 2350. The summed E-state index contributed by atoms with van der Waals surface area (Å²) in [5.74, 6) is -6.72. The number of nitrogens with zero attached hydrogens (tertiary/aromatic N) is 1. The van der Waals surface area contributed by atoms with E-state index in [9.17, 15) is 87.7 Å². The fourth-order valence-electron chi connectivity index (χ4n) is 8.73. The van der Waals surface area contributed by atoms with Gasteiger partial charge in [-0.15, -0.1) is 4.91 Å². The number of methoxy groups -OCH3 is 1. The molecule has 432 valence electrons. The number of aliphatic carboxylic acids is 1. The molecule has 5 aliphatic rings. The Labute approximate surface area is 422 Å². The maximum absolute atomic E-state index is 12.6. The molecule has 0 amide bonds. The van der Waals surface area contributed by atoms with E-state index in [0.717, 1.165) is 7.11 Å². The molecule has 39 heteroatoms. The average molecular weight is 1170 g/mol. The van der Waals surface area contributed by atoms with Gasteiger partial charge in [-0.25, -0.2) is 21.5 Å². The van der Waals surface area contributed by atoms with Crippen molar-refractivity contribution in [2.45, 2.75) is 158 Å². The van der Waals surface area contributed by atoms with E-state index in [0.29, 0.717) is 0 Å². The average Bonchev–Trinajstić information content (AvgIpc) is 3.29. The SMILES string of the molecule is CO[C@H]1OC(COS(=O)(=O)O)[C@@H](O[C@@H]2O[C@@H](N=O)[C@@H](O[C@H]3OC(COS(=O)(=O)O)[C@@H](O[C@@H]4OC(C(=O)O)[C@@H](O[C@H]5OC(COS(=O)(=O)O)[C@@H](O)[C@H](C)C5C)[C@H](O)C4O)[C@H](C)C3C)C(O)C2OS(=O)(=O)O)[C@H](O)C1C. The minimum atomic E-state index is -5.63. The molecule has 5 aliphatic heterocycles. The van der Waals surface area contributed by atoms with Crippen LogP contribution in [0.1, 0.15) is 34.6 Å². The van der Waals surface area contributed by atoms with Crippen LogP contribution >= 0.6 is 0 Å². The highest BCUT2D eigenvalue weighted by atomic mass is 32.3. The van der Waals surface area contributed by atoms with Crippen molar-refractivity contribution in [1.29, 1.82) is 0 Å². The summed E-state index contributed by atoms with van der Waals surface area (Å²) in [7, 11) is -20.0. The molecule has 0 aromatic heterocycles. The molecule has 0 aromatic rings. The van der Waals surface area contributed by atoms with Crippen molar-refractivity contribution < 1.29 is 151 Å². The van der Waals surface area contributed by atoms with Gasteiger partial charge in [0, 0.05) is 24.9 Å². The molecule has 0 bridgehead atoms. The molecule has 0 spiro atoms. The lowest BCUT2D eigenvalue weighted by atomic mass is 9.84.